The third-order valence-corrected chi connectivity index (χ3v) is 9.41. The zero-order valence-corrected chi connectivity index (χ0v) is 26.6. The number of halogens is 1. The molecular weight excluding hydrogens is 561 g/mol. The summed E-state index contributed by atoms with van der Waals surface area (Å²) in [4.78, 5) is 56.0. The molecule has 3 aliphatic heterocycles. The molecule has 2 fully saturated rings. The lowest BCUT2D eigenvalue weighted by molar-refractivity contribution is -0.158. The highest BCUT2D eigenvalue weighted by molar-refractivity contribution is 6.76. The molecule has 1 aromatic rings. The molecule has 42 heavy (non-hydrogen) atoms. The van der Waals surface area contributed by atoms with Crippen molar-refractivity contribution in [1.29, 1.82) is 0 Å². The monoisotopic (exact) mass is 605 g/mol. The van der Waals surface area contributed by atoms with Gasteiger partial charge in [-0.15, -0.1) is 0 Å². The van der Waals surface area contributed by atoms with Crippen LogP contribution in [0.5, 0.6) is 5.75 Å². The number of hydrogen-bond acceptors (Lipinski definition) is 7. The van der Waals surface area contributed by atoms with Gasteiger partial charge < -0.3 is 24.0 Å². The van der Waals surface area contributed by atoms with E-state index in [-0.39, 0.29) is 63.9 Å². The molecule has 4 amide bonds. The average molecular weight is 606 g/mol. The Hall–Kier alpha value is -2.99. The maximum absolute atomic E-state index is 14.3. The summed E-state index contributed by atoms with van der Waals surface area (Å²) in [7, 11) is -1.32. The molecule has 3 unspecified atom stereocenters. The van der Waals surface area contributed by atoms with Gasteiger partial charge in [-0.3, -0.25) is 19.3 Å². The second kappa shape index (κ2) is 12.7. The van der Waals surface area contributed by atoms with Crippen LogP contribution in [0, 0.1) is 0 Å². The lowest BCUT2D eigenvalue weighted by atomic mass is 10.0. The van der Waals surface area contributed by atoms with Gasteiger partial charge in [0.15, 0.2) is 0 Å². The molecule has 0 radical (unpaired) electrons. The molecule has 3 atom stereocenters. The first-order valence-electron chi connectivity index (χ1n) is 14.8. The van der Waals surface area contributed by atoms with Crippen molar-refractivity contribution in [2.24, 2.45) is 0 Å². The van der Waals surface area contributed by atoms with Gasteiger partial charge in [0.2, 0.25) is 5.91 Å². The summed E-state index contributed by atoms with van der Waals surface area (Å²) in [6, 6.07) is 4.75. The lowest BCUT2D eigenvalue weighted by Crippen LogP contribution is -2.55. The Balaban J connectivity index is 1.38. The van der Waals surface area contributed by atoms with Crippen molar-refractivity contribution in [3.8, 4) is 5.75 Å². The minimum absolute atomic E-state index is 0.0754. The Morgan fingerprint density at radius 3 is 2.55 bits per heavy atom. The Bertz CT molecular complexity index is 1200. The summed E-state index contributed by atoms with van der Waals surface area (Å²) in [6.45, 7) is 12.9. The van der Waals surface area contributed by atoms with Crippen LogP contribution < -0.4 is 4.74 Å². The second-order valence-corrected chi connectivity index (χ2v) is 19.2. The van der Waals surface area contributed by atoms with E-state index in [0.29, 0.717) is 23.5 Å². The molecule has 2 saturated heterocycles. The molecule has 0 N–H and O–H groups in total. The van der Waals surface area contributed by atoms with Gasteiger partial charge in [-0.2, -0.15) is 0 Å². The minimum atomic E-state index is -1.32. The first kappa shape index (κ1) is 31.9. The Labute approximate surface area is 248 Å². The van der Waals surface area contributed by atoms with Crippen LogP contribution in [0.4, 0.5) is 9.18 Å². The molecule has 4 rings (SSSR count). The molecule has 0 aromatic heterocycles. The minimum Gasteiger partial charge on any atom is -0.491 e. The Morgan fingerprint density at radius 2 is 1.86 bits per heavy atom. The van der Waals surface area contributed by atoms with Crippen LogP contribution in [0.25, 0.3) is 0 Å². The molecular formula is C30H44FN3O7Si. The third-order valence-electron chi connectivity index (χ3n) is 7.71. The van der Waals surface area contributed by atoms with E-state index in [2.05, 4.69) is 19.6 Å². The predicted octanol–water partition coefficient (Wildman–Crippen LogP) is 4.59. The van der Waals surface area contributed by atoms with Crippen molar-refractivity contribution in [2.75, 3.05) is 26.5 Å². The van der Waals surface area contributed by atoms with E-state index < -0.39 is 43.9 Å². The van der Waals surface area contributed by atoms with Gasteiger partial charge in [-0.25, -0.2) is 9.18 Å². The smallest absolute Gasteiger partial charge is 0.410 e. The van der Waals surface area contributed by atoms with E-state index in [0.717, 1.165) is 10.9 Å². The zero-order valence-electron chi connectivity index (χ0n) is 25.6. The van der Waals surface area contributed by atoms with E-state index in [9.17, 15) is 23.6 Å². The van der Waals surface area contributed by atoms with E-state index in [4.69, 9.17) is 14.2 Å². The largest absolute Gasteiger partial charge is 0.491 e. The van der Waals surface area contributed by atoms with Crippen molar-refractivity contribution in [2.45, 2.75) is 103 Å². The number of likely N-dealkylation sites (tertiary alicyclic amines) is 2. The summed E-state index contributed by atoms with van der Waals surface area (Å²) in [5.41, 5.74) is 0.510. The Kier molecular flexibility index (Phi) is 9.66. The molecule has 232 valence electrons. The number of carbonyl (C=O) groups is 4. The van der Waals surface area contributed by atoms with Gasteiger partial charge in [-0.05, 0) is 63.4 Å². The number of rotatable bonds is 9. The summed E-state index contributed by atoms with van der Waals surface area (Å²) in [5, 5.41) is 0. The SMILES string of the molecule is CC(C)(C)OC(=O)N1CCC(F)CC1COc1ccc2c(c1)CN(C1CCC(=O)N(COCC[Si](C)(C)C)C1=O)C2=O. The van der Waals surface area contributed by atoms with Crippen molar-refractivity contribution >= 4 is 31.9 Å². The average Bonchev–Trinajstić information content (AvgIpc) is 3.20. The Morgan fingerprint density at radius 1 is 1.12 bits per heavy atom. The molecule has 0 bridgehead atoms. The van der Waals surface area contributed by atoms with Gasteiger partial charge in [0, 0.05) is 46.2 Å². The van der Waals surface area contributed by atoms with Gasteiger partial charge in [0.1, 0.15) is 36.9 Å². The summed E-state index contributed by atoms with van der Waals surface area (Å²) in [6.07, 6.45) is -0.707. The number of ether oxygens (including phenoxy) is 3. The molecule has 0 spiro atoms. The third kappa shape index (κ3) is 7.88. The molecule has 12 heteroatoms. The number of imide groups is 1. The van der Waals surface area contributed by atoms with Gasteiger partial charge in [-0.1, -0.05) is 19.6 Å². The van der Waals surface area contributed by atoms with Crippen molar-refractivity contribution in [3.05, 3.63) is 29.3 Å². The number of amides is 4. The number of hydrogen-bond donors (Lipinski definition) is 0. The van der Waals surface area contributed by atoms with Crippen LogP contribution in [0.2, 0.25) is 25.7 Å². The van der Waals surface area contributed by atoms with Crippen LogP contribution in [-0.2, 0) is 25.6 Å². The number of piperidine rings is 2. The van der Waals surface area contributed by atoms with Crippen LogP contribution in [0.15, 0.2) is 18.2 Å². The molecule has 10 nitrogen and oxygen atoms in total. The maximum atomic E-state index is 14.3. The summed E-state index contributed by atoms with van der Waals surface area (Å²) >= 11 is 0. The normalized spacial score (nSPS) is 23.4. The standard InChI is InChI=1S/C30H44FN3O7Si/c1-30(2,3)41-29(38)32-12-11-21(31)16-22(32)18-40-23-7-8-24-20(15-23)17-33(27(24)36)25-9-10-26(35)34(28(25)37)19-39-13-14-42(4,5)6/h7-8,15,21-22,25H,9-14,16-19H2,1-6H3. The number of benzene rings is 1. The second-order valence-electron chi connectivity index (χ2n) is 13.6. The predicted molar refractivity (Wildman–Crippen MR) is 157 cm³/mol. The number of fused-ring (bicyclic) bond motifs is 1. The van der Waals surface area contributed by atoms with Crippen LogP contribution in [0.3, 0.4) is 0 Å². The van der Waals surface area contributed by atoms with Crippen molar-refractivity contribution in [3.63, 3.8) is 0 Å². The number of alkyl halides is 1. The maximum Gasteiger partial charge on any atom is 0.410 e. The highest BCUT2D eigenvalue weighted by Gasteiger charge is 2.43. The van der Waals surface area contributed by atoms with E-state index in [1.807, 2.05) is 0 Å². The van der Waals surface area contributed by atoms with E-state index in [1.165, 1.54) is 9.80 Å². The zero-order chi connectivity index (χ0) is 30.8. The van der Waals surface area contributed by atoms with Gasteiger partial charge in [0.05, 0.1) is 6.04 Å². The molecule has 0 saturated carbocycles. The van der Waals surface area contributed by atoms with Crippen LogP contribution in [-0.4, -0.2) is 96.9 Å². The molecule has 1 aromatic carbocycles. The van der Waals surface area contributed by atoms with Gasteiger partial charge >= 0.3 is 6.09 Å². The molecule has 3 heterocycles. The van der Waals surface area contributed by atoms with Crippen molar-refractivity contribution < 1.29 is 37.8 Å². The van der Waals surface area contributed by atoms with E-state index >= 15 is 0 Å². The number of carbonyl (C=O) groups excluding carboxylic acids is 4. The fraction of sp³-hybridized carbons (Fsp3) is 0.667. The quantitative estimate of drug-likeness (QED) is 0.230. The topological polar surface area (TPSA) is 106 Å². The first-order valence-corrected chi connectivity index (χ1v) is 18.5. The number of nitrogens with zero attached hydrogens (tertiary/aromatic N) is 3. The molecule has 3 aliphatic rings. The molecule has 0 aliphatic carbocycles. The first-order chi connectivity index (χ1) is 19.6. The van der Waals surface area contributed by atoms with Crippen molar-refractivity contribution in [1.82, 2.24) is 14.7 Å². The van der Waals surface area contributed by atoms with Crippen LogP contribution in [0.1, 0.15) is 62.4 Å². The lowest BCUT2D eigenvalue weighted by Gasteiger charge is -2.37. The van der Waals surface area contributed by atoms with E-state index in [1.54, 1.807) is 39.0 Å². The van der Waals surface area contributed by atoms with Gasteiger partial charge in [0.25, 0.3) is 11.8 Å². The summed E-state index contributed by atoms with van der Waals surface area (Å²) < 4.78 is 31.4. The fourth-order valence-electron chi connectivity index (χ4n) is 5.35. The van der Waals surface area contributed by atoms with Crippen LogP contribution >= 0.6 is 0 Å². The highest BCUT2D eigenvalue weighted by Crippen LogP contribution is 2.32. The highest BCUT2D eigenvalue weighted by atomic mass is 28.3. The fourth-order valence-corrected chi connectivity index (χ4v) is 6.11. The summed E-state index contributed by atoms with van der Waals surface area (Å²) in [5.74, 6) is -0.497.